The van der Waals surface area contributed by atoms with Gasteiger partial charge in [0.1, 0.15) is 6.54 Å². The minimum Gasteiger partial charge on any atom is -0.385 e. The Labute approximate surface area is 128 Å². The van der Waals surface area contributed by atoms with Crippen LogP contribution in [0.5, 0.6) is 0 Å². The van der Waals surface area contributed by atoms with Crippen LogP contribution in [0.15, 0.2) is 18.5 Å². The zero-order valence-electron chi connectivity index (χ0n) is 13.7. The molecule has 1 unspecified atom stereocenters. The van der Waals surface area contributed by atoms with E-state index < -0.39 is 0 Å². The van der Waals surface area contributed by atoms with E-state index in [0.717, 1.165) is 13.0 Å². The van der Waals surface area contributed by atoms with Gasteiger partial charge in [-0.3, -0.25) is 4.79 Å². The number of amides is 1. The summed E-state index contributed by atoms with van der Waals surface area (Å²) in [5.74, 6) is 0.557. The molecule has 5 heteroatoms. The lowest BCUT2D eigenvalue weighted by Gasteiger charge is -2.20. The normalized spacial score (nSPS) is 12.6. The molecule has 0 aromatic carbocycles. The van der Waals surface area contributed by atoms with Crippen LogP contribution < -0.4 is 10.6 Å². The Bertz CT molecular complexity index is 415. The van der Waals surface area contributed by atoms with Crippen molar-refractivity contribution in [2.24, 2.45) is 5.92 Å². The first-order valence-corrected chi connectivity index (χ1v) is 7.73. The summed E-state index contributed by atoms with van der Waals surface area (Å²) < 4.78 is 6.89. The monoisotopic (exact) mass is 295 g/mol. The van der Waals surface area contributed by atoms with Crippen molar-refractivity contribution in [3.8, 4) is 0 Å². The zero-order valence-corrected chi connectivity index (χ0v) is 13.7. The summed E-state index contributed by atoms with van der Waals surface area (Å²) in [5.41, 5.74) is 1.24. The van der Waals surface area contributed by atoms with E-state index in [0.29, 0.717) is 31.7 Å². The molecule has 0 aliphatic carbocycles. The van der Waals surface area contributed by atoms with E-state index in [-0.39, 0.29) is 5.91 Å². The highest BCUT2D eigenvalue weighted by Gasteiger charge is 2.15. The number of hydrogen-bond acceptors (Lipinski definition) is 3. The quantitative estimate of drug-likeness (QED) is 0.649. The van der Waals surface area contributed by atoms with Gasteiger partial charge in [0.25, 0.3) is 0 Å². The lowest BCUT2D eigenvalue weighted by molar-refractivity contribution is -0.121. The minimum absolute atomic E-state index is 0.0396. The number of methoxy groups -OCH3 is 1. The topological polar surface area (TPSA) is 55.3 Å². The summed E-state index contributed by atoms with van der Waals surface area (Å²) in [7, 11) is 1.67. The van der Waals surface area contributed by atoms with Gasteiger partial charge in [0, 0.05) is 38.7 Å². The number of rotatable bonds is 10. The Hall–Kier alpha value is -1.33. The molecule has 0 saturated heterocycles. The second-order valence-corrected chi connectivity index (χ2v) is 5.59. The number of nitrogens with zero attached hydrogens (tertiary/aromatic N) is 1. The van der Waals surface area contributed by atoms with E-state index in [1.807, 2.05) is 10.8 Å². The summed E-state index contributed by atoms with van der Waals surface area (Å²) in [4.78, 5) is 11.8. The molecule has 0 fully saturated rings. The van der Waals surface area contributed by atoms with Crippen LogP contribution in [0.4, 0.5) is 0 Å². The van der Waals surface area contributed by atoms with E-state index in [1.54, 1.807) is 7.11 Å². The molecule has 0 bridgehead atoms. The Kier molecular flexibility index (Phi) is 8.08. The molecular weight excluding hydrogens is 266 g/mol. The molecule has 1 atom stereocenters. The lowest BCUT2D eigenvalue weighted by Crippen LogP contribution is -2.28. The van der Waals surface area contributed by atoms with Crippen molar-refractivity contribution in [3.63, 3.8) is 0 Å². The number of nitrogens with one attached hydrogen (secondary N) is 2. The van der Waals surface area contributed by atoms with Crippen molar-refractivity contribution in [1.82, 2.24) is 15.2 Å². The molecule has 5 nitrogen and oxygen atoms in total. The Morgan fingerprint density at radius 3 is 2.81 bits per heavy atom. The third-order valence-corrected chi connectivity index (χ3v) is 3.40. The van der Waals surface area contributed by atoms with Gasteiger partial charge >= 0.3 is 0 Å². The third kappa shape index (κ3) is 6.31. The van der Waals surface area contributed by atoms with Crippen LogP contribution in [0.2, 0.25) is 0 Å². The highest BCUT2D eigenvalue weighted by molar-refractivity contribution is 5.75. The van der Waals surface area contributed by atoms with Crippen molar-refractivity contribution >= 4 is 5.91 Å². The standard InChI is InChI=1S/C16H29N3O2/c1-5-17-16(13(2)3)14-7-9-19(11-14)12-15(20)18-8-6-10-21-4/h7,9,11,13,16-17H,5-6,8,10,12H2,1-4H3,(H,18,20). The van der Waals surface area contributed by atoms with E-state index in [2.05, 4.69) is 43.7 Å². The predicted octanol–water partition coefficient (Wildman–Crippen LogP) is 1.95. The van der Waals surface area contributed by atoms with Gasteiger partial charge in [-0.2, -0.15) is 0 Å². The maximum Gasteiger partial charge on any atom is 0.239 e. The second-order valence-electron chi connectivity index (χ2n) is 5.59. The van der Waals surface area contributed by atoms with Gasteiger partial charge < -0.3 is 19.9 Å². The molecule has 0 aliphatic rings. The Morgan fingerprint density at radius 2 is 2.19 bits per heavy atom. The smallest absolute Gasteiger partial charge is 0.239 e. The number of carbonyl (C=O) groups is 1. The minimum atomic E-state index is 0.0396. The summed E-state index contributed by atoms with van der Waals surface area (Å²) >= 11 is 0. The van der Waals surface area contributed by atoms with Gasteiger partial charge in [-0.25, -0.2) is 0 Å². The molecule has 21 heavy (non-hydrogen) atoms. The molecule has 0 radical (unpaired) electrons. The first kappa shape index (κ1) is 17.7. The summed E-state index contributed by atoms with van der Waals surface area (Å²) in [6.07, 6.45) is 4.87. The summed E-state index contributed by atoms with van der Waals surface area (Å²) in [6.45, 7) is 9.15. The van der Waals surface area contributed by atoms with Crippen LogP contribution in [0, 0.1) is 5.92 Å². The van der Waals surface area contributed by atoms with Gasteiger partial charge in [0.2, 0.25) is 5.91 Å². The highest BCUT2D eigenvalue weighted by Crippen LogP contribution is 2.21. The van der Waals surface area contributed by atoms with Gasteiger partial charge in [-0.05, 0) is 30.5 Å². The molecule has 1 amide bonds. The maximum absolute atomic E-state index is 11.8. The lowest BCUT2D eigenvalue weighted by atomic mass is 9.98. The number of carbonyl (C=O) groups excluding carboxylic acids is 1. The Morgan fingerprint density at radius 1 is 1.43 bits per heavy atom. The number of ether oxygens (including phenoxy) is 1. The fourth-order valence-electron chi connectivity index (χ4n) is 2.37. The van der Waals surface area contributed by atoms with Crippen molar-refractivity contribution in [2.75, 3.05) is 26.8 Å². The van der Waals surface area contributed by atoms with Crippen molar-refractivity contribution in [2.45, 2.75) is 39.8 Å². The van der Waals surface area contributed by atoms with Gasteiger partial charge in [0.15, 0.2) is 0 Å². The predicted molar refractivity (Wildman–Crippen MR) is 85.2 cm³/mol. The van der Waals surface area contributed by atoms with Gasteiger partial charge in [-0.1, -0.05) is 20.8 Å². The van der Waals surface area contributed by atoms with Gasteiger partial charge in [-0.15, -0.1) is 0 Å². The third-order valence-electron chi connectivity index (χ3n) is 3.40. The molecule has 1 rings (SSSR count). The first-order valence-electron chi connectivity index (χ1n) is 7.73. The van der Waals surface area contributed by atoms with Crippen LogP contribution in [0.3, 0.4) is 0 Å². The molecule has 2 N–H and O–H groups in total. The van der Waals surface area contributed by atoms with E-state index in [9.17, 15) is 4.79 Å². The van der Waals surface area contributed by atoms with E-state index in [4.69, 9.17) is 4.74 Å². The molecule has 120 valence electrons. The van der Waals surface area contributed by atoms with Crippen LogP contribution in [0.1, 0.15) is 38.8 Å². The molecule has 0 spiro atoms. The van der Waals surface area contributed by atoms with Crippen molar-refractivity contribution in [3.05, 3.63) is 24.0 Å². The SMILES string of the molecule is CCNC(c1ccn(CC(=O)NCCCOC)c1)C(C)C. The molecule has 1 aromatic rings. The van der Waals surface area contributed by atoms with Crippen molar-refractivity contribution in [1.29, 1.82) is 0 Å². The van der Waals surface area contributed by atoms with Crippen LogP contribution in [-0.4, -0.2) is 37.3 Å². The summed E-state index contributed by atoms with van der Waals surface area (Å²) in [5, 5.41) is 6.38. The first-order chi connectivity index (χ1) is 10.1. The molecule has 0 saturated carbocycles. The molecular formula is C16H29N3O2. The van der Waals surface area contributed by atoms with E-state index >= 15 is 0 Å². The highest BCUT2D eigenvalue weighted by atomic mass is 16.5. The largest absolute Gasteiger partial charge is 0.385 e. The zero-order chi connectivity index (χ0) is 15.7. The fourth-order valence-corrected chi connectivity index (χ4v) is 2.37. The average Bonchev–Trinajstić information content (AvgIpc) is 2.88. The van der Waals surface area contributed by atoms with Crippen LogP contribution >= 0.6 is 0 Å². The van der Waals surface area contributed by atoms with Crippen LogP contribution in [-0.2, 0) is 16.1 Å². The molecule has 1 aromatic heterocycles. The maximum atomic E-state index is 11.8. The number of hydrogen-bond donors (Lipinski definition) is 2. The number of aromatic nitrogens is 1. The molecule has 0 aliphatic heterocycles. The van der Waals surface area contributed by atoms with E-state index in [1.165, 1.54) is 5.56 Å². The summed E-state index contributed by atoms with van der Waals surface area (Å²) in [6, 6.07) is 2.42. The average molecular weight is 295 g/mol. The van der Waals surface area contributed by atoms with Crippen LogP contribution in [0.25, 0.3) is 0 Å². The van der Waals surface area contributed by atoms with Gasteiger partial charge in [0.05, 0.1) is 0 Å². The Balaban J connectivity index is 2.48. The van der Waals surface area contributed by atoms with Crippen molar-refractivity contribution < 1.29 is 9.53 Å². The fraction of sp³-hybridized carbons (Fsp3) is 0.688. The second kappa shape index (κ2) is 9.58. The molecule has 1 heterocycles.